The maximum absolute atomic E-state index is 5.78. The van der Waals surface area contributed by atoms with Gasteiger partial charge in [-0.2, -0.15) is 0 Å². The van der Waals surface area contributed by atoms with Gasteiger partial charge in [-0.25, -0.2) is 4.99 Å². The Labute approximate surface area is 230 Å². The van der Waals surface area contributed by atoms with Crippen LogP contribution in [0.4, 0.5) is 0 Å². The van der Waals surface area contributed by atoms with Crippen LogP contribution in [0.1, 0.15) is 33.4 Å². The van der Waals surface area contributed by atoms with E-state index in [2.05, 4.69) is 124 Å². The monoisotopic (exact) mass is 602 g/mol. The molecule has 182 valence electrons. The van der Waals surface area contributed by atoms with E-state index in [0.29, 0.717) is 6.61 Å². The molecule has 0 bridgehead atoms. The van der Waals surface area contributed by atoms with Gasteiger partial charge in [0.25, 0.3) is 6.02 Å². The molecule has 1 aliphatic rings. The van der Waals surface area contributed by atoms with Crippen LogP contribution in [0.2, 0.25) is 0 Å². The van der Waals surface area contributed by atoms with E-state index >= 15 is 0 Å². The Morgan fingerprint density at radius 1 is 0.778 bits per heavy atom. The molecule has 36 heavy (non-hydrogen) atoms. The minimum atomic E-state index is -0.556. The molecule has 0 aromatic heterocycles. The van der Waals surface area contributed by atoms with E-state index in [0.717, 1.165) is 31.2 Å². The quantitative estimate of drug-likeness (QED) is 0.256. The van der Waals surface area contributed by atoms with Gasteiger partial charge in [-0.15, -0.1) is 0 Å². The highest BCUT2D eigenvalue weighted by atomic mass is 79.9. The van der Waals surface area contributed by atoms with Crippen LogP contribution in [0.3, 0.4) is 0 Å². The first-order valence-corrected chi connectivity index (χ1v) is 13.2. The lowest BCUT2D eigenvalue weighted by Gasteiger charge is -2.25. The van der Waals surface area contributed by atoms with Gasteiger partial charge < -0.3 is 10.5 Å². The third-order valence-electron chi connectivity index (χ3n) is 6.07. The molecule has 4 aromatic carbocycles. The van der Waals surface area contributed by atoms with Crippen LogP contribution in [0.25, 0.3) is 5.57 Å². The van der Waals surface area contributed by atoms with E-state index in [1.807, 2.05) is 30.3 Å². The first kappa shape index (κ1) is 25.9. The van der Waals surface area contributed by atoms with Gasteiger partial charge >= 0.3 is 0 Å². The molecule has 5 heteroatoms. The van der Waals surface area contributed by atoms with Gasteiger partial charge in [0, 0.05) is 8.95 Å². The van der Waals surface area contributed by atoms with Crippen molar-refractivity contribution in [1.29, 1.82) is 0 Å². The Balaban J connectivity index is 0.000000174. The van der Waals surface area contributed by atoms with Crippen molar-refractivity contribution < 1.29 is 4.74 Å². The summed E-state index contributed by atoms with van der Waals surface area (Å²) < 4.78 is 7.57. The average Bonchev–Trinajstić information content (AvgIpc) is 3.27. The maximum Gasteiger partial charge on any atom is 0.283 e. The predicted octanol–water partition coefficient (Wildman–Crippen LogP) is 8.17. The van der Waals surface area contributed by atoms with Gasteiger partial charge in [-0.1, -0.05) is 122 Å². The summed E-state index contributed by atoms with van der Waals surface area (Å²) >= 11 is 6.99. The molecule has 5 rings (SSSR count). The van der Waals surface area contributed by atoms with E-state index in [1.165, 1.54) is 16.7 Å². The summed E-state index contributed by atoms with van der Waals surface area (Å²) in [4.78, 5) is 4.59. The molecule has 3 nitrogen and oxygen atoms in total. The van der Waals surface area contributed by atoms with Gasteiger partial charge in [0.15, 0.2) is 5.54 Å². The van der Waals surface area contributed by atoms with Crippen LogP contribution in [-0.2, 0) is 10.3 Å². The third-order valence-corrected chi connectivity index (χ3v) is 7.05. The fraction of sp³-hybridized carbons (Fsp3) is 0.129. The zero-order chi connectivity index (χ0) is 25.7. The highest BCUT2D eigenvalue weighted by molar-refractivity contribution is 9.10. The van der Waals surface area contributed by atoms with E-state index in [1.54, 1.807) is 0 Å². The summed E-state index contributed by atoms with van der Waals surface area (Å²) in [6.07, 6.45) is 0. The number of ether oxygens (including phenoxy) is 1. The number of benzene rings is 4. The summed E-state index contributed by atoms with van der Waals surface area (Å²) in [6.45, 7) is 8.75. The standard InChI is InChI=1S/C16H15BrN2O.C15H13Br/c1-11-4-2-5-12(8-11)16(10-20-15(18)19-16)13-6-3-7-14(17)9-13;1-11-5-3-6-13(9-11)12(2)14-7-4-8-15(16)10-14/h2-9H,10H2,1H3,(H2,18,19);3-10H,2H2,1H3. The number of halogens is 2. The molecule has 0 aliphatic carbocycles. The Bertz CT molecular complexity index is 1330. The van der Waals surface area contributed by atoms with Crippen LogP contribution in [0.5, 0.6) is 0 Å². The summed E-state index contributed by atoms with van der Waals surface area (Å²) in [5.74, 6) is 0. The van der Waals surface area contributed by atoms with Gasteiger partial charge in [0.2, 0.25) is 0 Å². The van der Waals surface area contributed by atoms with Gasteiger partial charge in [-0.3, -0.25) is 0 Å². The molecular weight excluding hydrogens is 576 g/mol. The van der Waals surface area contributed by atoms with Crippen molar-refractivity contribution in [3.05, 3.63) is 146 Å². The van der Waals surface area contributed by atoms with Crippen molar-refractivity contribution in [2.75, 3.05) is 6.61 Å². The second-order valence-corrected chi connectivity index (χ2v) is 10.7. The molecule has 0 saturated heterocycles. The highest BCUT2D eigenvalue weighted by Gasteiger charge is 2.40. The smallest absolute Gasteiger partial charge is 0.283 e. The Morgan fingerprint density at radius 3 is 1.86 bits per heavy atom. The summed E-state index contributed by atoms with van der Waals surface area (Å²) in [6, 6.07) is 33.3. The fourth-order valence-corrected chi connectivity index (χ4v) is 5.02. The van der Waals surface area contributed by atoms with Crippen LogP contribution in [-0.4, -0.2) is 12.6 Å². The van der Waals surface area contributed by atoms with Crippen LogP contribution in [0, 0.1) is 13.8 Å². The Morgan fingerprint density at radius 2 is 1.31 bits per heavy atom. The second kappa shape index (κ2) is 11.3. The number of aryl methyl sites for hydroxylation is 2. The van der Waals surface area contributed by atoms with Gasteiger partial charge in [-0.05, 0) is 65.9 Å². The molecule has 1 unspecified atom stereocenters. The van der Waals surface area contributed by atoms with Crippen molar-refractivity contribution in [2.24, 2.45) is 10.7 Å². The SMILES string of the molecule is C=C(c1cccc(C)c1)c1cccc(Br)c1.Cc1cccc(C2(c3cccc(Br)c3)COC(N)=N2)c1. The fourth-order valence-electron chi connectivity index (χ4n) is 4.22. The molecule has 1 heterocycles. The third kappa shape index (κ3) is 5.97. The van der Waals surface area contributed by atoms with Crippen molar-refractivity contribution in [3.8, 4) is 0 Å². The van der Waals surface area contributed by atoms with Crippen molar-refractivity contribution in [1.82, 2.24) is 0 Å². The molecular formula is C31H28Br2N2O. The van der Waals surface area contributed by atoms with Gasteiger partial charge in [0.1, 0.15) is 6.61 Å². The normalized spacial score (nSPS) is 16.4. The van der Waals surface area contributed by atoms with Crippen molar-refractivity contribution in [3.63, 3.8) is 0 Å². The summed E-state index contributed by atoms with van der Waals surface area (Å²) in [7, 11) is 0. The first-order chi connectivity index (χ1) is 17.3. The predicted molar refractivity (Wildman–Crippen MR) is 157 cm³/mol. The highest BCUT2D eigenvalue weighted by Crippen LogP contribution is 2.38. The number of amidine groups is 1. The molecule has 0 radical (unpaired) electrons. The summed E-state index contributed by atoms with van der Waals surface area (Å²) in [5, 5.41) is 0. The number of nitrogens with zero attached hydrogens (tertiary/aromatic N) is 1. The Kier molecular flexibility index (Phi) is 8.12. The zero-order valence-corrected chi connectivity index (χ0v) is 23.5. The molecule has 1 atom stereocenters. The number of hydrogen-bond donors (Lipinski definition) is 1. The lowest BCUT2D eigenvalue weighted by Crippen LogP contribution is -2.27. The number of hydrogen-bond acceptors (Lipinski definition) is 3. The summed E-state index contributed by atoms with van der Waals surface area (Å²) in [5.41, 5.74) is 13.2. The maximum atomic E-state index is 5.78. The molecule has 0 fully saturated rings. The van der Waals surface area contributed by atoms with Crippen molar-refractivity contribution in [2.45, 2.75) is 19.4 Å². The Hall–Kier alpha value is -3.15. The minimum absolute atomic E-state index is 0.242. The van der Waals surface area contributed by atoms with E-state index < -0.39 is 5.54 Å². The molecule has 4 aromatic rings. The van der Waals surface area contributed by atoms with Crippen molar-refractivity contribution >= 4 is 43.5 Å². The van der Waals surface area contributed by atoms with Crippen LogP contribution >= 0.6 is 31.9 Å². The first-order valence-electron chi connectivity index (χ1n) is 11.6. The molecule has 0 amide bonds. The molecule has 2 N–H and O–H groups in total. The topological polar surface area (TPSA) is 47.6 Å². The molecule has 0 spiro atoms. The number of nitrogens with two attached hydrogens (primary N) is 1. The lowest BCUT2D eigenvalue weighted by atomic mass is 9.84. The number of aliphatic imine (C=N–C) groups is 1. The van der Waals surface area contributed by atoms with Crippen LogP contribution < -0.4 is 5.73 Å². The van der Waals surface area contributed by atoms with E-state index in [4.69, 9.17) is 10.5 Å². The lowest BCUT2D eigenvalue weighted by molar-refractivity contribution is 0.278. The van der Waals surface area contributed by atoms with E-state index in [-0.39, 0.29) is 6.02 Å². The zero-order valence-electron chi connectivity index (χ0n) is 20.3. The number of rotatable bonds is 4. The largest absolute Gasteiger partial charge is 0.462 e. The van der Waals surface area contributed by atoms with E-state index in [9.17, 15) is 0 Å². The van der Waals surface area contributed by atoms with Crippen LogP contribution in [0.15, 0.2) is 118 Å². The average molecular weight is 604 g/mol. The molecule has 0 saturated carbocycles. The second-order valence-electron chi connectivity index (χ2n) is 8.84. The minimum Gasteiger partial charge on any atom is -0.462 e. The molecule has 1 aliphatic heterocycles. The van der Waals surface area contributed by atoms with Gasteiger partial charge in [0.05, 0.1) is 0 Å².